The van der Waals surface area contributed by atoms with Crippen molar-refractivity contribution in [3.63, 3.8) is 0 Å². The molecule has 0 aromatic rings. The second-order valence-corrected chi connectivity index (χ2v) is 3.89. The molecule has 0 heterocycles. The summed E-state index contributed by atoms with van der Waals surface area (Å²) >= 11 is -0.343. The van der Waals surface area contributed by atoms with Crippen molar-refractivity contribution < 1.29 is 18.0 Å². The lowest BCUT2D eigenvalue weighted by atomic mass is 10.2. The summed E-state index contributed by atoms with van der Waals surface area (Å²) in [5.41, 5.74) is 1.04. The molecule has 8 heteroatoms. The van der Waals surface area contributed by atoms with E-state index < -0.39 is 17.2 Å². The van der Waals surface area contributed by atoms with Crippen LogP contribution in [0.25, 0.3) is 0 Å². The summed E-state index contributed by atoms with van der Waals surface area (Å²) in [7, 11) is 0. The first-order valence-corrected chi connectivity index (χ1v) is 5.03. The van der Waals surface area contributed by atoms with E-state index in [0.717, 1.165) is 0 Å². The minimum Gasteiger partial charge on any atom is -0.355 e. The van der Waals surface area contributed by atoms with Crippen LogP contribution in [0.5, 0.6) is 0 Å². The van der Waals surface area contributed by atoms with Crippen molar-refractivity contribution in [2.45, 2.75) is 24.9 Å². The Balaban J connectivity index is 0. The van der Waals surface area contributed by atoms with Crippen LogP contribution in [-0.4, -0.2) is 29.8 Å². The summed E-state index contributed by atoms with van der Waals surface area (Å²) in [6.45, 7) is 2.07. The molecule has 3 nitrogen and oxygen atoms in total. The van der Waals surface area contributed by atoms with E-state index in [0.29, 0.717) is 13.0 Å². The van der Waals surface area contributed by atoms with Crippen LogP contribution in [0.15, 0.2) is 0 Å². The minimum absolute atomic E-state index is 0. The van der Waals surface area contributed by atoms with E-state index in [9.17, 15) is 18.0 Å². The molecule has 1 atom stereocenters. The maximum absolute atomic E-state index is 11.6. The van der Waals surface area contributed by atoms with Gasteiger partial charge in [0.15, 0.2) is 0 Å². The number of carbonyl (C=O) groups is 1. The Labute approximate surface area is 96.8 Å². The van der Waals surface area contributed by atoms with E-state index in [2.05, 4.69) is 5.32 Å². The zero-order chi connectivity index (χ0) is 11.2. The molecule has 0 aliphatic rings. The average Bonchev–Trinajstić information content (AvgIpc) is 1.99. The number of amides is 1. The van der Waals surface area contributed by atoms with E-state index >= 15 is 0 Å². The molecule has 0 aromatic carbocycles. The molecular weight excluding hydrogens is 253 g/mol. The van der Waals surface area contributed by atoms with E-state index in [1.165, 1.54) is 0 Å². The topological polar surface area (TPSA) is 55.1 Å². The van der Waals surface area contributed by atoms with Crippen LogP contribution in [0.3, 0.4) is 0 Å². The van der Waals surface area contributed by atoms with Gasteiger partial charge < -0.3 is 11.1 Å². The highest BCUT2D eigenvalue weighted by atomic mass is 35.5. The van der Waals surface area contributed by atoms with Gasteiger partial charge >= 0.3 is 5.51 Å². The van der Waals surface area contributed by atoms with Gasteiger partial charge in [-0.25, -0.2) is 0 Å². The average molecular weight is 267 g/mol. The number of thioether (sulfide) groups is 1. The van der Waals surface area contributed by atoms with Gasteiger partial charge in [0.2, 0.25) is 5.91 Å². The smallest absolute Gasteiger partial charge is 0.355 e. The molecule has 1 amide bonds. The van der Waals surface area contributed by atoms with Gasteiger partial charge in [-0.15, -0.1) is 12.4 Å². The zero-order valence-corrected chi connectivity index (χ0v) is 9.77. The van der Waals surface area contributed by atoms with Crippen LogP contribution >= 0.6 is 24.2 Å². The predicted octanol–water partition coefficient (Wildman–Crippen LogP) is 1.51. The highest BCUT2D eigenvalue weighted by Crippen LogP contribution is 2.29. The van der Waals surface area contributed by atoms with Gasteiger partial charge in [0, 0.05) is 12.6 Å². The fourth-order valence-corrected chi connectivity index (χ4v) is 1.03. The van der Waals surface area contributed by atoms with E-state index in [-0.39, 0.29) is 30.2 Å². The first-order chi connectivity index (χ1) is 6.31. The minimum atomic E-state index is -4.35. The quantitative estimate of drug-likeness (QED) is 0.793. The number of nitrogens with one attached hydrogen (secondary N) is 1. The maximum atomic E-state index is 11.6. The maximum Gasteiger partial charge on any atom is 0.442 e. The normalized spacial score (nSPS) is 12.9. The number of nitrogens with two attached hydrogens (primary N) is 1. The second-order valence-electron chi connectivity index (χ2n) is 2.85. The molecule has 0 radical (unpaired) electrons. The Bertz CT molecular complexity index is 190. The van der Waals surface area contributed by atoms with Crippen LogP contribution < -0.4 is 11.1 Å². The van der Waals surface area contributed by atoms with Gasteiger partial charge in [-0.1, -0.05) is 0 Å². The molecule has 0 rings (SSSR count). The van der Waals surface area contributed by atoms with Gasteiger partial charge in [-0.3, -0.25) is 4.79 Å². The van der Waals surface area contributed by atoms with Crippen LogP contribution in [0.2, 0.25) is 0 Å². The van der Waals surface area contributed by atoms with Crippen molar-refractivity contribution in [3.8, 4) is 0 Å². The Hall–Kier alpha value is -0.140. The van der Waals surface area contributed by atoms with E-state index in [4.69, 9.17) is 5.73 Å². The lowest BCUT2D eigenvalue weighted by Gasteiger charge is -2.08. The summed E-state index contributed by atoms with van der Waals surface area (Å²) in [5, 5.41) is 2.35. The van der Waals surface area contributed by atoms with Gasteiger partial charge in [-0.2, -0.15) is 13.2 Å². The molecule has 0 aromatic heterocycles. The number of halogens is 4. The van der Waals surface area contributed by atoms with E-state index in [1.807, 2.05) is 0 Å². The van der Waals surface area contributed by atoms with Gasteiger partial charge in [-0.05, 0) is 25.1 Å². The molecule has 0 spiro atoms. The molecule has 92 valence electrons. The Kier molecular flexibility index (Phi) is 9.28. The van der Waals surface area contributed by atoms with E-state index in [1.54, 1.807) is 6.92 Å². The molecule has 15 heavy (non-hydrogen) atoms. The third-order valence-electron chi connectivity index (χ3n) is 1.29. The molecule has 0 aliphatic heterocycles. The van der Waals surface area contributed by atoms with Gasteiger partial charge in [0.25, 0.3) is 0 Å². The van der Waals surface area contributed by atoms with Crippen molar-refractivity contribution in [2.24, 2.45) is 5.73 Å². The van der Waals surface area contributed by atoms with Crippen molar-refractivity contribution in [3.05, 3.63) is 0 Å². The SMILES string of the molecule is CC(N)CCNC(=O)CSC(F)(F)F.Cl. The summed E-state index contributed by atoms with van der Waals surface area (Å²) in [4.78, 5) is 10.8. The highest BCUT2D eigenvalue weighted by molar-refractivity contribution is 8.00. The summed E-state index contributed by atoms with van der Waals surface area (Å²) in [5.74, 6) is -1.21. The number of hydrogen-bond acceptors (Lipinski definition) is 3. The third kappa shape index (κ3) is 13.9. The number of carbonyl (C=O) groups excluding carboxylic acids is 1. The van der Waals surface area contributed by atoms with Crippen LogP contribution in [0.4, 0.5) is 13.2 Å². The zero-order valence-electron chi connectivity index (χ0n) is 8.13. The number of hydrogen-bond donors (Lipinski definition) is 2. The standard InChI is InChI=1S/C7H13F3N2OS.ClH/c1-5(11)2-3-12-6(13)4-14-7(8,9)10;/h5H,2-4,11H2,1H3,(H,12,13);1H. The fraction of sp³-hybridized carbons (Fsp3) is 0.857. The first kappa shape index (κ1) is 17.3. The summed E-state index contributed by atoms with van der Waals surface area (Å²) in [6.07, 6.45) is 0.558. The number of rotatable bonds is 5. The molecule has 0 aliphatic carbocycles. The van der Waals surface area contributed by atoms with Gasteiger partial charge in [0.05, 0.1) is 5.75 Å². The lowest BCUT2D eigenvalue weighted by molar-refractivity contribution is -0.118. The predicted molar refractivity (Wildman–Crippen MR) is 57.0 cm³/mol. The second kappa shape index (κ2) is 8.06. The van der Waals surface area contributed by atoms with Gasteiger partial charge in [0.1, 0.15) is 0 Å². The summed E-state index contributed by atoms with van der Waals surface area (Å²) < 4.78 is 34.9. The largest absolute Gasteiger partial charge is 0.442 e. The van der Waals surface area contributed by atoms with Crippen LogP contribution in [-0.2, 0) is 4.79 Å². The van der Waals surface area contributed by atoms with Crippen molar-refractivity contribution >= 4 is 30.1 Å². The van der Waals surface area contributed by atoms with Crippen molar-refractivity contribution in [2.75, 3.05) is 12.3 Å². The summed E-state index contributed by atoms with van der Waals surface area (Å²) in [6, 6.07) is -0.0643. The Morgan fingerprint density at radius 2 is 2.07 bits per heavy atom. The third-order valence-corrected chi connectivity index (χ3v) is 2.02. The molecule has 0 saturated heterocycles. The molecule has 0 fully saturated rings. The van der Waals surface area contributed by atoms with Crippen molar-refractivity contribution in [1.82, 2.24) is 5.32 Å². The molecule has 0 saturated carbocycles. The molecule has 0 bridgehead atoms. The fourth-order valence-electron chi connectivity index (χ4n) is 0.638. The number of alkyl halides is 3. The lowest BCUT2D eigenvalue weighted by Crippen LogP contribution is -2.30. The van der Waals surface area contributed by atoms with Crippen LogP contribution in [0.1, 0.15) is 13.3 Å². The Morgan fingerprint density at radius 1 is 1.53 bits per heavy atom. The first-order valence-electron chi connectivity index (χ1n) is 4.04. The van der Waals surface area contributed by atoms with Crippen molar-refractivity contribution in [1.29, 1.82) is 0 Å². The molecule has 3 N–H and O–H groups in total. The Morgan fingerprint density at radius 3 is 2.47 bits per heavy atom. The monoisotopic (exact) mass is 266 g/mol. The molecular formula is C7H14ClF3N2OS. The molecule has 1 unspecified atom stereocenters. The highest BCUT2D eigenvalue weighted by Gasteiger charge is 2.29. The van der Waals surface area contributed by atoms with Crippen LogP contribution in [0, 0.1) is 0 Å².